The molecule has 3 aromatic rings. The van der Waals surface area contributed by atoms with Crippen LogP contribution in [-0.2, 0) is 0 Å². The normalized spacial score (nSPS) is 10.5. The van der Waals surface area contributed by atoms with E-state index < -0.39 is 5.91 Å². The van der Waals surface area contributed by atoms with Crippen molar-refractivity contribution in [3.63, 3.8) is 0 Å². The predicted molar refractivity (Wildman–Crippen MR) is 81.6 cm³/mol. The van der Waals surface area contributed by atoms with Crippen molar-refractivity contribution < 1.29 is 9.32 Å². The van der Waals surface area contributed by atoms with Gasteiger partial charge in [0.25, 0.3) is 5.91 Å². The zero-order valence-electron chi connectivity index (χ0n) is 10.9. The Labute approximate surface area is 128 Å². The molecule has 0 bridgehead atoms. The minimum atomic E-state index is -0.393. The van der Waals surface area contributed by atoms with Crippen molar-refractivity contribution in [1.29, 1.82) is 0 Å². The Morgan fingerprint density at radius 2 is 2.10 bits per heavy atom. The van der Waals surface area contributed by atoms with Crippen LogP contribution >= 0.6 is 23.1 Å². The van der Waals surface area contributed by atoms with Crippen LogP contribution in [0.4, 0.5) is 5.13 Å². The fraction of sp³-hybridized carbons (Fsp3) is 0.0769. The summed E-state index contributed by atoms with van der Waals surface area (Å²) in [6.45, 7) is 0. The first-order valence-corrected chi connectivity index (χ1v) is 8.01. The van der Waals surface area contributed by atoms with E-state index >= 15 is 0 Å². The van der Waals surface area contributed by atoms with E-state index in [0.29, 0.717) is 10.7 Å². The SMILES string of the molecule is CSc1nnc(NC(=O)c2oncc2-c2ccccc2)s1. The summed E-state index contributed by atoms with van der Waals surface area (Å²) in [4.78, 5) is 12.3. The number of nitrogens with one attached hydrogen (secondary N) is 1. The predicted octanol–water partition coefficient (Wildman–Crippen LogP) is 3.17. The molecule has 21 heavy (non-hydrogen) atoms. The molecule has 0 aliphatic carbocycles. The van der Waals surface area contributed by atoms with Crippen LogP contribution < -0.4 is 5.32 Å². The van der Waals surface area contributed by atoms with E-state index in [0.717, 1.165) is 9.90 Å². The first kappa shape index (κ1) is 13.8. The summed E-state index contributed by atoms with van der Waals surface area (Å²) in [5.41, 5.74) is 1.51. The summed E-state index contributed by atoms with van der Waals surface area (Å²) < 4.78 is 5.86. The third-order valence-electron chi connectivity index (χ3n) is 2.66. The molecular weight excluding hydrogens is 308 g/mol. The minimum Gasteiger partial charge on any atom is -0.350 e. The molecule has 3 rings (SSSR count). The van der Waals surface area contributed by atoms with E-state index in [2.05, 4.69) is 20.7 Å². The first-order valence-electron chi connectivity index (χ1n) is 5.97. The second kappa shape index (κ2) is 6.06. The molecule has 106 valence electrons. The highest BCUT2D eigenvalue weighted by Gasteiger charge is 2.19. The van der Waals surface area contributed by atoms with Gasteiger partial charge in [0, 0.05) is 0 Å². The summed E-state index contributed by atoms with van der Waals surface area (Å²) in [6.07, 6.45) is 3.42. The highest BCUT2D eigenvalue weighted by Crippen LogP contribution is 2.26. The topological polar surface area (TPSA) is 80.9 Å². The molecule has 0 saturated heterocycles. The van der Waals surface area contributed by atoms with Gasteiger partial charge in [0.15, 0.2) is 4.34 Å². The number of hydrogen-bond donors (Lipinski definition) is 1. The maximum absolute atomic E-state index is 12.3. The quantitative estimate of drug-likeness (QED) is 0.588. The smallest absolute Gasteiger partial charge is 0.296 e. The molecule has 8 heteroatoms. The number of anilines is 1. The van der Waals surface area contributed by atoms with Crippen LogP contribution in [0.2, 0.25) is 0 Å². The van der Waals surface area contributed by atoms with Crippen LogP contribution in [0.25, 0.3) is 11.1 Å². The van der Waals surface area contributed by atoms with E-state index in [9.17, 15) is 4.79 Å². The van der Waals surface area contributed by atoms with E-state index in [-0.39, 0.29) is 5.76 Å². The van der Waals surface area contributed by atoms with Gasteiger partial charge in [-0.25, -0.2) is 0 Å². The summed E-state index contributed by atoms with van der Waals surface area (Å²) >= 11 is 2.78. The van der Waals surface area contributed by atoms with Gasteiger partial charge >= 0.3 is 0 Å². The molecular formula is C13H10N4O2S2. The number of rotatable bonds is 4. The second-order valence-electron chi connectivity index (χ2n) is 3.97. The number of nitrogens with zero attached hydrogens (tertiary/aromatic N) is 3. The maximum Gasteiger partial charge on any atom is 0.296 e. The monoisotopic (exact) mass is 318 g/mol. The number of carbonyl (C=O) groups is 1. The van der Waals surface area contributed by atoms with Crippen LogP contribution in [0.1, 0.15) is 10.6 Å². The average Bonchev–Trinajstić information content (AvgIpc) is 3.17. The summed E-state index contributed by atoms with van der Waals surface area (Å²) in [6, 6.07) is 9.46. The minimum absolute atomic E-state index is 0.155. The van der Waals surface area contributed by atoms with Gasteiger partial charge in [-0.2, -0.15) is 0 Å². The highest BCUT2D eigenvalue weighted by atomic mass is 32.2. The fourth-order valence-corrected chi connectivity index (χ4v) is 2.89. The van der Waals surface area contributed by atoms with Crippen molar-refractivity contribution in [2.75, 3.05) is 11.6 Å². The largest absolute Gasteiger partial charge is 0.350 e. The lowest BCUT2D eigenvalue weighted by atomic mass is 10.1. The fourth-order valence-electron chi connectivity index (χ4n) is 1.72. The number of carbonyl (C=O) groups excluding carboxylic acids is 1. The third-order valence-corrected chi connectivity index (χ3v) is 4.48. The van der Waals surface area contributed by atoms with Gasteiger partial charge < -0.3 is 4.52 Å². The van der Waals surface area contributed by atoms with E-state index in [1.165, 1.54) is 29.3 Å². The van der Waals surface area contributed by atoms with Crippen LogP contribution in [-0.4, -0.2) is 27.5 Å². The Morgan fingerprint density at radius 3 is 2.81 bits per heavy atom. The molecule has 0 fully saturated rings. The third kappa shape index (κ3) is 2.96. The number of benzene rings is 1. The van der Waals surface area contributed by atoms with Gasteiger partial charge in [0.05, 0.1) is 11.8 Å². The van der Waals surface area contributed by atoms with E-state index in [4.69, 9.17) is 4.52 Å². The van der Waals surface area contributed by atoms with Gasteiger partial charge in [-0.15, -0.1) is 10.2 Å². The number of aromatic nitrogens is 3. The lowest BCUT2D eigenvalue weighted by Gasteiger charge is -2.00. The molecule has 6 nitrogen and oxygen atoms in total. The van der Waals surface area contributed by atoms with Crippen LogP contribution in [0.3, 0.4) is 0 Å². The maximum atomic E-state index is 12.3. The lowest BCUT2D eigenvalue weighted by Crippen LogP contribution is -2.11. The van der Waals surface area contributed by atoms with E-state index in [1.54, 1.807) is 0 Å². The molecule has 1 amide bonds. The molecule has 0 aliphatic rings. The van der Waals surface area contributed by atoms with E-state index in [1.807, 2.05) is 36.6 Å². The van der Waals surface area contributed by atoms with Crippen molar-refractivity contribution in [2.45, 2.75) is 4.34 Å². The van der Waals surface area contributed by atoms with Gasteiger partial charge in [0.2, 0.25) is 10.9 Å². The Balaban J connectivity index is 1.84. The summed E-state index contributed by atoms with van der Waals surface area (Å²) in [5.74, 6) is -0.239. The Morgan fingerprint density at radius 1 is 1.29 bits per heavy atom. The molecule has 0 saturated carbocycles. The lowest BCUT2D eigenvalue weighted by molar-refractivity contribution is 0.0988. The molecule has 0 unspecified atom stereocenters. The Bertz CT molecular complexity index is 754. The zero-order valence-corrected chi connectivity index (χ0v) is 12.6. The van der Waals surface area contributed by atoms with Crippen molar-refractivity contribution in [3.8, 4) is 11.1 Å². The van der Waals surface area contributed by atoms with Gasteiger partial charge in [0.1, 0.15) is 0 Å². The Kier molecular flexibility index (Phi) is 3.98. The summed E-state index contributed by atoms with van der Waals surface area (Å²) in [5, 5.41) is 14.6. The molecule has 0 aliphatic heterocycles. The molecule has 1 aromatic carbocycles. The Hall–Kier alpha value is -2.19. The van der Waals surface area contributed by atoms with Crippen LogP contribution in [0.15, 0.2) is 45.4 Å². The van der Waals surface area contributed by atoms with Crippen molar-refractivity contribution in [3.05, 3.63) is 42.3 Å². The second-order valence-corrected chi connectivity index (χ2v) is 6.00. The van der Waals surface area contributed by atoms with Crippen molar-refractivity contribution in [1.82, 2.24) is 15.4 Å². The van der Waals surface area contributed by atoms with Gasteiger partial charge in [-0.05, 0) is 11.8 Å². The molecule has 2 heterocycles. The van der Waals surface area contributed by atoms with Crippen molar-refractivity contribution in [2.24, 2.45) is 0 Å². The summed E-state index contributed by atoms with van der Waals surface area (Å²) in [7, 11) is 0. The number of thioether (sulfide) groups is 1. The first-order chi connectivity index (χ1) is 10.3. The molecule has 2 aromatic heterocycles. The van der Waals surface area contributed by atoms with Crippen LogP contribution in [0.5, 0.6) is 0 Å². The molecule has 0 radical (unpaired) electrons. The molecule has 0 spiro atoms. The zero-order chi connectivity index (χ0) is 14.7. The molecule has 0 atom stereocenters. The number of hydrogen-bond acceptors (Lipinski definition) is 7. The molecule has 1 N–H and O–H groups in total. The standard InChI is InChI=1S/C13H10N4O2S2/c1-20-13-17-16-12(21-13)15-11(18)10-9(7-14-19-10)8-5-3-2-4-6-8/h2-7H,1H3,(H,15,16,18). The van der Waals surface area contributed by atoms with Crippen LogP contribution in [0, 0.1) is 0 Å². The van der Waals surface area contributed by atoms with Crippen molar-refractivity contribution >= 4 is 34.1 Å². The average molecular weight is 318 g/mol. The van der Waals surface area contributed by atoms with Gasteiger partial charge in [-0.3, -0.25) is 10.1 Å². The highest BCUT2D eigenvalue weighted by molar-refractivity contribution is 8.00. The number of amides is 1. The van der Waals surface area contributed by atoms with Gasteiger partial charge in [-0.1, -0.05) is 58.6 Å².